The van der Waals surface area contributed by atoms with Crippen molar-refractivity contribution < 1.29 is 32.3 Å². The second-order valence-corrected chi connectivity index (χ2v) is 6.79. The van der Waals surface area contributed by atoms with Crippen molar-refractivity contribution in [3.8, 4) is 6.07 Å². The van der Waals surface area contributed by atoms with Gasteiger partial charge in [-0.2, -0.15) is 18.4 Å². The van der Waals surface area contributed by atoms with Crippen molar-refractivity contribution in [3.05, 3.63) is 64.7 Å². The van der Waals surface area contributed by atoms with Crippen LogP contribution < -0.4 is 10.2 Å². The molecule has 0 aliphatic carbocycles. The molecule has 0 radical (unpaired) electrons. The summed E-state index contributed by atoms with van der Waals surface area (Å²) in [5, 5.41) is 11.4. The number of benzene rings is 2. The highest BCUT2D eigenvalue weighted by Gasteiger charge is 2.30. The third-order valence-electron chi connectivity index (χ3n) is 4.09. The number of carbonyl (C=O) groups excluding carboxylic acids is 3. The lowest BCUT2D eigenvalue weighted by molar-refractivity contribution is -0.146. The lowest BCUT2D eigenvalue weighted by Crippen LogP contribution is -2.37. The fourth-order valence-electron chi connectivity index (χ4n) is 2.54. The Balaban J connectivity index is 1.88. The molecule has 168 valence electrons. The van der Waals surface area contributed by atoms with Gasteiger partial charge in [0.05, 0.1) is 18.1 Å². The van der Waals surface area contributed by atoms with E-state index in [0.29, 0.717) is 10.7 Å². The number of alkyl halides is 3. The van der Waals surface area contributed by atoms with Crippen molar-refractivity contribution in [1.29, 1.82) is 5.26 Å². The van der Waals surface area contributed by atoms with Gasteiger partial charge in [-0.3, -0.25) is 14.4 Å². The Hall–Kier alpha value is -3.58. The number of nitrogens with zero attached hydrogens (tertiary/aromatic N) is 2. The number of hydrogen-bond donors (Lipinski definition) is 1. The molecule has 0 aromatic heterocycles. The minimum Gasteiger partial charge on any atom is -0.454 e. The van der Waals surface area contributed by atoms with E-state index in [9.17, 15) is 27.6 Å². The van der Waals surface area contributed by atoms with Crippen LogP contribution in [0.5, 0.6) is 0 Å². The maximum Gasteiger partial charge on any atom is 0.416 e. The van der Waals surface area contributed by atoms with Gasteiger partial charge >= 0.3 is 12.1 Å². The van der Waals surface area contributed by atoms with Gasteiger partial charge < -0.3 is 15.0 Å². The number of esters is 1. The molecular weight excluding hydrogens is 451 g/mol. The van der Waals surface area contributed by atoms with Crippen LogP contribution in [0, 0.1) is 11.3 Å². The fourth-order valence-corrected chi connectivity index (χ4v) is 2.72. The molecule has 0 heterocycles. The molecule has 0 bridgehead atoms. The van der Waals surface area contributed by atoms with Gasteiger partial charge in [0.2, 0.25) is 0 Å². The minimum absolute atomic E-state index is 0.0371. The van der Waals surface area contributed by atoms with E-state index in [0.717, 1.165) is 24.3 Å². The first kappa shape index (κ1) is 24.7. The number of nitrogens with one attached hydrogen (secondary N) is 1. The third-order valence-corrected chi connectivity index (χ3v) is 4.33. The first-order chi connectivity index (χ1) is 15.1. The average molecular weight is 468 g/mol. The third kappa shape index (κ3) is 7.28. The summed E-state index contributed by atoms with van der Waals surface area (Å²) in [5.74, 6) is -2.31. The van der Waals surface area contributed by atoms with E-state index in [1.165, 1.54) is 11.0 Å². The summed E-state index contributed by atoms with van der Waals surface area (Å²) < 4.78 is 42.5. The number of hydrogen-bond acceptors (Lipinski definition) is 5. The Morgan fingerprint density at radius 2 is 1.81 bits per heavy atom. The van der Waals surface area contributed by atoms with E-state index in [-0.39, 0.29) is 18.5 Å². The van der Waals surface area contributed by atoms with Crippen molar-refractivity contribution in [2.24, 2.45) is 0 Å². The van der Waals surface area contributed by atoms with Crippen LogP contribution in [0.2, 0.25) is 5.02 Å². The Morgan fingerprint density at radius 3 is 2.41 bits per heavy atom. The van der Waals surface area contributed by atoms with Crippen molar-refractivity contribution in [2.45, 2.75) is 12.6 Å². The van der Waals surface area contributed by atoms with Gasteiger partial charge in [0.1, 0.15) is 6.54 Å². The predicted molar refractivity (Wildman–Crippen MR) is 109 cm³/mol. The molecule has 7 nitrogen and oxygen atoms in total. The molecule has 0 fully saturated rings. The van der Waals surface area contributed by atoms with Crippen molar-refractivity contribution in [3.63, 3.8) is 0 Å². The summed E-state index contributed by atoms with van der Waals surface area (Å²) in [5.41, 5.74) is -0.567. The molecule has 2 amide bonds. The Morgan fingerprint density at radius 1 is 1.12 bits per heavy atom. The first-order valence-corrected chi connectivity index (χ1v) is 9.53. The molecule has 11 heteroatoms. The molecule has 0 saturated carbocycles. The van der Waals surface area contributed by atoms with Crippen LogP contribution in [0.3, 0.4) is 0 Å². The molecule has 0 unspecified atom stereocenters. The summed E-state index contributed by atoms with van der Waals surface area (Å²) in [7, 11) is 0. The summed E-state index contributed by atoms with van der Waals surface area (Å²) in [6.45, 7) is -1.19. The number of nitriles is 1. The number of ether oxygens (including phenoxy) is 1. The Bertz CT molecular complexity index is 1020. The zero-order chi connectivity index (χ0) is 23.7. The molecule has 0 aliphatic heterocycles. The molecule has 0 aliphatic rings. The number of rotatable bonds is 8. The standard InChI is InChI=1S/C21H17ClF3N3O4/c22-16-3-1-4-17(11-16)28(10-2-9-26)18(29)13-32-19(30)12-27-20(31)14-5-7-15(8-6-14)21(23,24)25/h1,3-8,11H,2,10,12-13H2,(H,27,31). The lowest BCUT2D eigenvalue weighted by Gasteiger charge is -2.21. The van der Waals surface area contributed by atoms with Crippen LogP contribution in [0.25, 0.3) is 0 Å². The van der Waals surface area contributed by atoms with E-state index >= 15 is 0 Å². The van der Waals surface area contributed by atoms with Gasteiger partial charge in [0, 0.05) is 22.8 Å². The minimum atomic E-state index is -4.53. The van der Waals surface area contributed by atoms with Gasteiger partial charge in [-0.05, 0) is 42.5 Å². The van der Waals surface area contributed by atoms with Crippen LogP contribution in [-0.4, -0.2) is 37.5 Å². The summed E-state index contributed by atoms with van der Waals surface area (Å²) >= 11 is 5.92. The molecule has 2 rings (SSSR count). The summed E-state index contributed by atoms with van der Waals surface area (Å²) in [4.78, 5) is 37.5. The molecule has 0 saturated heterocycles. The second kappa shape index (κ2) is 11.2. The summed E-state index contributed by atoms with van der Waals surface area (Å²) in [6.07, 6.45) is -4.49. The average Bonchev–Trinajstić information content (AvgIpc) is 2.75. The van der Waals surface area contributed by atoms with Gasteiger partial charge in [0.15, 0.2) is 6.61 Å². The zero-order valence-electron chi connectivity index (χ0n) is 16.5. The van der Waals surface area contributed by atoms with E-state index in [1.54, 1.807) is 18.2 Å². The number of amides is 2. The number of halogens is 4. The lowest BCUT2D eigenvalue weighted by atomic mass is 10.1. The second-order valence-electron chi connectivity index (χ2n) is 6.35. The number of anilines is 1. The van der Waals surface area contributed by atoms with Crippen LogP contribution in [0.4, 0.5) is 18.9 Å². The predicted octanol–water partition coefficient (Wildman–Crippen LogP) is 3.58. The number of carbonyl (C=O) groups is 3. The Labute approximate surface area is 186 Å². The van der Waals surface area contributed by atoms with E-state index < -0.39 is 42.7 Å². The Kier molecular flexibility index (Phi) is 8.61. The van der Waals surface area contributed by atoms with E-state index in [2.05, 4.69) is 5.32 Å². The maximum absolute atomic E-state index is 12.6. The molecule has 2 aromatic rings. The van der Waals surface area contributed by atoms with Gasteiger partial charge in [-0.15, -0.1) is 0 Å². The summed E-state index contributed by atoms with van der Waals surface area (Å²) in [6, 6.07) is 11.7. The largest absolute Gasteiger partial charge is 0.454 e. The van der Waals surface area contributed by atoms with Crippen LogP contribution in [0.15, 0.2) is 48.5 Å². The van der Waals surface area contributed by atoms with Crippen LogP contribution >= 0.6 is 11.6 Å². The molecule has 0 atom stereocenters. The van der Waals surface area contributed by atoms with Crippen molar-refractivity contribution in [2.75, 3.05) is 24.6 Å². The zero-order valence-corrected chi connectivity index (χ0v) is 17.2. The topological polar surface area (TPSA) is 99.5 Å². The monoisotopic (exact) mass is 467 g/mol. The molecule has 1 N–H and O–H groups in total. The highest BCUT2D eigenvalue weighted by atomic mass is 35.5. The smallest absolute Gasteiger partial charge is 0.416 e. The fraction of sp³-hybridized carbons (Fsp3) is 0.238. The quantitative estimate of drug-likeness (QED) is 0.598. The van der Waals surface area contributed by atoms with Crippen molar-refractivity contribution in [1.82, 2.24) is 5.32 Å². The molecule has 2 aromatic carbocycles. The molecule has 32 heavy (non-hydrogen) atoms. The van der Waals surface area contributed by atoms with Crippen LogP contribution in [-0.2, 0) is 20.5 Å². The van der Waals surface area contributed by atoms with Gasteiger partial charge in [0.25, 0.3) is 11.8 Å². The maximum atomic E-state index is 12.6. The van der Waals surface area contributed by atoms with Gasteiger partial charge in [-0.25, -0.2) is 0 Å². The van der Waals surface area contributed by atoms with E-state index in [4.69, 9.17) is 21.6 Å². The van der Waals surface area contributed by atoms with Crippen LogP contribution in [0.1, 0.15) is 22.3 Å². The highest BCUT2D eigenvalue weighted by molar-refractivity contribution is 6.30. The van der Waals surface area contributed by atoms with Gasteiger partial charge in [-0.1, -0.05) is 17.7 Å². The molecular formula is C21H17ClF3N3O4. The van der Waals surface area contributed by atoms with Crippen molar-refractivity contribution >= 4 is 35.1 Å². The normalized spacial score (nSPS) is 10.7. The first-order valence-electron chi connectivity index (χ1n) is 9.16. The molecule has 0 spiro atoms. The SMILES string of the molecule is N#CCCN(C(=O)COC(=O)CNC(=O)c1ccc(C(F)(F)F)cc1)c1cccc(Cl)c1. The highest BCUT2D eigenvalue weighted by Crippen LogP contribution is 2.29. The van der Waals surface area contributed by atoms with E-state index in [1.807, 2.05) is 6.07 Å².